The standard InChI is InChI=1S/C21H37NO2/c1-20-9-7-15(24)13-14(20)3-4-16-17-5-6-19(22-11-12-23)21(17,2)10-8-18(16)20/h14-19,22-24H,3-13H2,1-2H3/t14-,15+,16-,17-,18+,19-,20-,21+/m1/s1. The fourth-order valence-electron chi connectivity index (χ4n) is 7.81. The van der Waals surface area contributed by atoms with Gasteiger partial charge in [0, 0.05) is 12.6 Å². The van der Waals surface area contributed by atoms with Crippen LogP contribution in [0.15, 0.2) is 0 Å². The van der Waals surface area contributed by atoms with Crippen LogP contribution in [0.3, 0.4) is 0 Å². The first-order chi connectivity index (χ1) is 11.5. The minimum absolute atomic E-state index is 0.0352. The van der Waals surface area contributed by atoms with Gasteiger partial charge >= 0.3 is 0 Å². The highest BCUT2D eigenvalue weighted by atomic mass is 16.3. The molecule has 0 saturated heterocycles. The highest BCUT2D eigenvalue weighted by molar-refractivity contribution is 5.10. The number of aliphatic hydroxyl groups is 2. The molecular formula is C21H37NO2. The van der Waals surface area contributed by atoms with Gasteiger partial charge in [0.1, 0.15) is 0 Å². The summed E-state index contributed by atoms with van der Waals surface area (Å²) in [6.07, 6.45) is 11.4. The summed E-state index contributed by atoms with van der Waals surface area (Å²) >= 11 is 0. The lowest BCUT2D eigenvalue weighted by Gasteiger charge is -2.61. The molecule has 0 heterocycles. The Kier molecular flexibility index (Phi) is 4.50. The number of rotatable bonds is 3. The van der Waals surface area contributed by atoms with Crippen LogP contribution in [0, 0.1) is 34.5 Å². The van der Waals surface area contributed by atoms with E-state index < -0.39 is 0 Å². The molecule has 0 aliphatic heterocycles. The van der Waals surface area contributed by atoms with E-state index in [1.165, 1.54) is 44.9 Å². The lowest BCUT2D eigenvalue weighted by atomic mass is 9.45. The minimum atomic E-state index is -0.0352. The van der Waals surface area contributed by atoms with E-state index in [0.29, 0.717) is 16.9 Å². The van der Waals surface area contributed by atoms with Gasteiger partial charge in [-0.05, 0) is 92.3 Å². The van der Waals surface area contributed by atoms with E-state index in [1.54, 1.807) is 0 Å². The molecule has 0 radical (unpaired) electrons. The van der Waals surface area contributed by atoms with E-state index in [4.69, 9.17) is 0 Å². The van der Waals surface area contributed by atoms with E-state index in [-0.39, 0.29) is 12.7 Å². The van der Waals surface area contributed by atoms with Gasteiger partial charge in [-0.15, -0.1) is 0 Å². The zero-order valence-electron chi connectivity index (χ0n) is 15.6. The normalized spacial score (nSPS) is 54.0. The van der Waals surface area contributed by atoms with E-state index in [9.17, 15) is 10.2 Å². The quantitative estimate of drug-likeness (QED) is 0.741. The molecule has 4 aliphatic carbocycles. The van der Waals surface area contributed by atoms with Gasteiger partial charge in [0.15, 0.2) is 0 Å². The van der Waals surface area contributed by atoms with Crippen LogP contribution in [-0.2, 0) is 0 Å². The summed E-state index contributed by atoms with van der Waals surface area (Å²) in [5, 5.41) is 23.0. The van der Waals surface area contributed by atoms with Crippen LogP contribution < -0.4 is 5.32 Å². The molecule has 4 rings (SSSR count). The zero-order chi connectivity index (χ0) is 16.9. The average molecular weight is 336 g/mol. The lowest BCUT2D eigenvalue weighted by molar-refractivity contribution is -0.123. The number of aliphatic hydroxyl groups excluding tert-OH is 2. The van der Waals surface area contributed by atoms with Crippen molar-refractivity contribution in [1.29, 1.82) is 0 Å². The summed E-state index contributed by atoms with van der Waals surface area (Å²) < 4.78 is 0. The number of nitrogens with one attached hydrogen (secondary N) is 1. The zero-order valence-corrected chi connectivity index (χ0v) is 15.6. The second-order valence-electron chi connectivity index (χ2n) is 9.94. The second kappa shape index (κ2) is 6.25. The average Bonchev–Trinajstić information content (AvgIpc) is 2.90. The van der Waals surface area contributed by atoms with E-state index >= 15 is 0 Å². The largest absolute Gasteiger partial charge is 0.395 e. The van der Waals surface area contributed by atoms with Crippen LogP contribution >= 0.6 is 0 Å². The van der Waals surface area contributed by atoms with Crippen LogP contribution in [0.1, 0.15) is 71.6 Å². The molecule has 4 aliphatic rings. The smallest absolute Gasteiger partial charge is 0.0556 e. The summed E-state index contributed by atoms with van der Waals surface area (Å²) in [5.74, 6) is 3.42. The van der Waals surface area contributed by atoms with Gasteiger partial charge in [-0.25, -0.2) is 0 Å². The van der Waals surface area contributed by atoms with Crippen LogP contribution in [0.25, 0.3) is 0 Å². The molecule has 0 bridgehead atoms. The fourth-order valence-corrected chi connectivity index (χ4v) is 7.81. The molecule has 4 saturated carbocycles. The first-order valence-corrected chi connectivity index (χ1v) is 10.5. The Morgan fingerprint density at radius 2 is 1.67 bits per heavy atom. The van der Waals surface area contributed by atoms with Gasteiger partial charge in [0.05, 0.1) is 12.7 Å². The molecule has 0 spiro atoms. The minimum Gasteiger partial charge on any atom is -0.395 e. The van der Waals surface area contributed by atoms with Crippen LogP contribution in [0.4, 0.5) is 0 Å². The summed E-state index contributed by atoms with van der Waals surface area (Å²) in [4.78, 5) is 0. The molecule has 3 N–H and O–H groups in total. The van der Waals surface area contributed by atoms with Crippen LogP contribution in [0.2, 0.25) is 0 Å². The Hall–Kier alpha value is -0.120. The molecule has 8 atom stereocenters. The number of hydrogen-bond acceptors (Lipinski definition) is 3. The Balaban J connectivity index is 1.54. The van der Waals surface area contributed by atoms with Crippen molar-refractivity contribution in [2.75, 3.05) is 13.2 Å². The van der Waals surface area contributed by atoms with Gasteiger partial charge in [-0.3, -0.25) is 0 Å². The van der Waals surface area contributed by atoms with E-state index in [0.717, 1.165) is 43.1 Å². The molecule has 138 valence electrons. The van der Waals surface area contributed by atoms with Crippen molar-refractivity contribution >= 4 is 0 Å². The molecule has 0 unspecified atom stereocenters. The van der Waals surface area contributed by atoms with Crippen LogP contribution in [-0.4, -0.2) is 35.5 Å². The predicted octanol–water partition coefficient (Wildman–Crippen LogP) is 3.34. The van der Waals surface area contributed by atoms with Crippen molar-refractivity contribution in [1.82, 2.24) is 5.32 Å². The van der Waals surface area contributed by atoms with Gasteiger partial charge in [0.25, 0.3) is 0 Å². The third-order valence-corrected chi connectivity index (χ3v) is 9.14. The molecule has 0 aromatic rings. The first kappa shape index (κ1) is 17.3. The first-order valence-electron chi connectivity index (χ1n) is 10.5. The maximum Gasteiger partial charge on any atom is 0.0556 e. The van der Waals surface area contributed by atoms with Crippen molar-refractivity contribution in [3.63, 3.8) is 0 Å². The Morgan fingerprint density at radius 1 is 0.917 bits per heavy atom. The molecule has 3 nitrogen and oxygen atoms in total. The van der Waals surface area contributed by atoms with E-state index in [1.807, 2.05) is 0 Å². The highest BCUT2D eigenvalue weighted by Crippen LogP contribution is 2.66. The summed E-state index contributed by atoms with van der Waals surface area (Å²) in [6.45, 7) is 6.11. The van der Waals surface area contributed by atoms with Crippen molar-refractivity contribution < 1.29 is 10.2 Å². The fraction of sp³-hybridized carbons (Fsp3) is 1.00. The van der Waals surface area contributed by atoms with Crippen molar-refractivity contribution in [2.45, 2.75) is 83.8 Å². The van der Waals surface area contributed by atoms with E-state index in [2.05, 4.69) is 19.2 Å². The van der Waals surface area contributed by atoms with Crippen molar-refractivity contribution in [3.05, 3.63) is 0 Å². The number of fused-ring (bicyclic) bond motifs is 5. The molecule has 0 amide bonds. The highest BCUT2D eigenvalue weighted by Gasteiger charge is 2.59. The molecule has 0 aromatic carbocycles. The van der Waals surface area contributed by atoms with Gasteiger partial charge < -0.3 is 15.5 Å². The molecule has 24 heavy (non-hydrogen) atoms. The SMILES string of the molecule is C[C@]12CC[C@H]3[C@H](CC[C@@H]4C[C@@H](O)CC[C@]43C)[C@H]1CC[C@H]2NCCO. The lowest BCUT2D eigenvalue weighted by Crippen LogP contribution is -2.55. The van der Waals surface area contributed by atoms with Gasteiger partial charge in [-0.1, -0.05) is 13.8 Å². The monoisotopic (exact) mass is 335 g/mol. The molecule has 4 fully saturated rings. The molecule has 3 heteroatoms. The summed E-state index contributed by atoms with van der Waals surface area (Å²) in [7, 11) is 0. The van der Waals surface area contributed by atoms with Crippen molar-refractivity contribution in [3.8, 4) is 0 Å². The van der Waals surface area contributed by atoms with Gasteiger partial charge in [0.2, 0.25) is 0 Å². The summed E-state index contributed by atoms with van der Waals surface area (Å²) in [5.41, 5.74) is 0.924. The Morgan fingerprint density at radius 3 is 2.46 bits per heavy atom. The summed E-state index contributed by atoms with van der Waals surface area (Å²) in [6, 6.07) is 0.606. The van der Waals surface area contributed by atoms with Crippen LogP contribution in [0.5, 0.6) is 0 Å². The maximum absolute atomic E-state index is 10.1. The maximum atomic E-state index is 10.1. The molecular weight excluding hydrogens is 298 g/mol. The Bertz CT molecular complexity index is 469. The second-order valence-corrected chi connectivity index (χ2v) is 9.94. The third kappa shape index (κ3) is 2.49. The Labute approximate surface area is 147 Å². The third-order valence-electron chi connectivity index (χ3n) is 9.14. The molecule has 0 aromatic heterocycles. The van der Waals surface area contributed by atoms with Gasteiger partial charge in [-0.2, -0.15) is 0 Å². The predicted molar refractivity (Wildman–Crippen MR) is 96.6 cm³/mol. The van der Waals surface area contributed by atoms with Crippen molar-refractivity contribution in [2.24, 2.45) is 34.5 Å². The topological polar surface area (TPSA) is 52.5 Å². The number of hydrogen-bond donors (Lipinski definition) is 3.